The molecule has 9 heteroatoms. The lowest BCUT2D eigenvalue weighted by Crippen LogP contribution is -2.28. The number of nitrogens with one attached hydrogen (secondary N) is 1. The molecule has 1 aromatic carbocycles. The first-order chi connectivity index (χ1) is 15.6. The number of nitrogens with zero attached hydrogens (tertiary/aromatic N) is 3. The van der Waals surface area contributed by atoms with Gasteiger partial charge >= 0.3 is 0 Å². The highest BCUT2D eigenvalue weighted by molar-refractivity contribution is 7.22. The van der Waals surface area contributed by atoms with Crippen molar-refractivity contribution in [3.63, 3.8) is 0 Å². The molecule has 0 spiro atoms. The van der Waals surface area contributed by atoms with Crippen LogP contribution in [-0.4, -0.2) is 53.2 Å². The number of aliphatic hydroxyl groups excluding tert-OH is 1. The van der Waals surface area contributed by atoms with E-state index in [1.165, 1.54) is 0 Å². The smallest absolute Gasteiger partial charge is 0.204 e. The Morgan fingerprint density at radius 3 is 2.53 bits per heavy atom. The van der Waals surface area contributed by atoms with Crippen molar-refractivity contribution in [2.24, 2.45) is 0 Å². The SMILES string of the molecule is COc1cc2sc(-c3cnc4ccc(NC5CCC(O)CC5)nn34)cc2c(OC)c1OC. The van der Waals surface area contributed by atoms with Gasteiger partial charge in [0.2, 0.25) is 5.75 Å². The third-order valence-electron chi connectivity index (χ3n) is 5.99. The molecule has 0 bridgehead atoms. The Labute approximate surface area is 189 Å². The number of rotatable bonds is 6. The summed E-state index contributed by atoms with van der Waals surface area (Å²) in [4.78, 5) is 5.56. The topological polar surface area (TPSA) is 90.1 Å². The van der Waals surface area contributed by atoms with E-state index < -0.39 is 0 Å². The minimum absolute atomic E-state index is 0.175. The maximum absolute atomic E-state index is 9.75. The van der Waals surface area contributed by atoms with Gasteiger partial charge < -0.3 is 24.6 Å². The number of aliphatic hydroxyl groups is 1. The highest BCUT2D eigenvalue weighted by Gasteiger charge is 2.21. The van der Waals surface area contributed by atoms with Crippen LogP contribution < -0.4 is 19.5 Å². The van der Waals surface area contributed by atoms with Crippen LogP contribution >= 0.6 is 11.3 Å². The van der Waals surface area contributed by atoms with Gasteiger partial charge in [0.05, 0.1) is 38.5 Å². The van der Waals surface area contributed by atoms with Crippen molar-refractivity contribution in [2.75, 3.05) is 26.6 Å². The molecule has 1 saturated carbocycles. The van der Waals surface area contributed by atoms with E-state index >= 15 is 0 Å². The molecule has 4 aromatic rings. The van der Waals surface area contributed by atoms with Crippen molar-refractivity contribution >= 4 is 32.9 Å². The number of methoxy groups -OCH3 is 3. The maximum atomic E-state index is 9.75. The Morgan fingerprint density at radius 2 is 1.81 bits per heavy atom. The number of anilines is 1. The van der Waals surface area contributed by atoms with E-state index in [1.54, 1.807) is 32.7 Å². The second-order valence-corrected chi connectivity index (χ2v) is 9.03. The lowest BCUT2D eigenvalue weighted by atomic mass is 9.93. The monoisotopic (exact) mass is 454 g/mol. The van der Waals surface area contributed by atoms with Crippen LogP contribution in [0.4, 0.5) is 5.82 Å². The van der Waals surface area contributed by atoms with E-state index in [-0.39, 0.29) is 6.10 Å². The van der Waals surface area contributed by atoms with Crippen molar-refractivity contribution in [1.29, 1.82) is 0 Å². The average Bonchev–Trinajstić information content (AvgIpc) is 3.42. The standard InChI is InChI=1S/C23H26N4O4S/c1-29-17-11-18-15(22(30-2)23(17)31-3)10-19(32-18)16-12-24-21-9-8-20(26-27(16)21)25-13-4-6-14(28)7-5-13/h8-14,28H,4-7H2,1-3H3,(H,25,26). The summed E-state index contributed by atoms with van der Waals surface area (Å²) in [5.74, 6) is 2.66. The molecular weight excluding hydrogens is 428 g/mol. The first-order valence-electron chi connectivity index (χ1n) is 10.6. The molecule has 3 aromatic heterocycles. The maximum Gasteiger partial charge on any atom is 0.204 e. The van der Waals surface area contributed by atoms with Crippen molar-refractivity contribution < 1.29 is 19.3 Å². The molecular formula is C23H26N4O4S. The van der Waals surface area contributed by atoms with Crippen molar-refractivity contribution in [2.45, 2.75) is 37.8 Å². The molecule has 5 rings (SSSR count). The van der Waals surface area contributed by atoms with Crippen LogP contribution in [0.1, 0.15) is 25.7 Å². The number of ether oxygens (including phenoxy) is 3. The van der Waals surface area contributed by atoms with Gasteiger partial charge in [0.25, 0.3) is 0 Å². The molecule has 3 heterocycles. The second kappa shape index (κ2) is 8.48. The van der Waals surface area contributed by atoms with Crippen LogP contribution in [0.5, 0.6) is 17.2 Å². The summed E-state index contributed by atoms with van der Waals surface area (Å²) in [5, 5.41) is 19.0. The van der Waals surface area contributed by atoms with Crippen LogP contribution in [-0.2, 0) is 0 Å². The van der Waals surface area contributed by atoms with Gasteiger partial charge in [-0.15, -0.1) is 16.4 Å². The Balaban J connectivity index is 1.54. The van der Waals surface area contributed by atoms with Crippen LogP contribution in [0.3, 0.4) is 0 Å². The highest BCUT2D eigenvalue weighted by Crippen LogP contribution is 2.47. The molecule has 0 atom stereocenters. The number of aromatic nitrogens is 3. The fourth-order valence-electron chi connectivity index (χ4n) is 4.33. The van der Waals surface area contributed by atoms with Gasteiger partial charge in [0, 0.05) is 22.2 Å². The second-order valence-electron chi connectivity index (χ2n) is 7.95. The van der Waals surface area contributed by atoms with Crippen LogP contribution in [0.25, 0.3) is 26.3 Å². The molecule has 2 N–H and O–H groups in total. The number of hydrogen-bond donors (Lipinski definition) is 2. The van der Waals surface area contributed by atoms with Gasteiger partial charge in [0.15, 0.2) is 17.1 Å². The summed E-state index contributed by atoms with van der Waals surface area (Å²) in [7, 11) is 4.86. The molecule has 1 fully saturated rings. The van der Waals surface area contributed by atoms with E-state index in [0.717, 1.165) is 57.8 Å². The van der Waals surface area contributed by atoms with Crippen LogP contribution in [0.15, 0.2) is 30.5 Å². The molecule has 0 radical (unpaired) electrons. The molecule has 0 amide bonds. The minimum atomic E-state index is -0.175. The third-order valence-corrected chi connectivity index (χ3v) is 7.09. The minimum Gasteiger partial charge on any atom is -0.493 e. The summed E-state index contributed by atoms with van der Waals surface area (Å²) in [6.07, 6.45) is 5.20. The van der Waals surface area contributed by atoms with E-state index in [0.29, 0.717) is 23.3 Å². The molecule has 0 unspecified atom stereocenters. The average molecular weight is 455 g/mol. The van der Waals surface area contributed by atoms with Gasteiger partial charge in [0.1, 0.15) is 11.5 Å². The molecule has 0 aliphatic heterocycles. The fourth-order valence-corrected chi connectivity index (χ4v) is 5.41. The third kappa shape index (κ3) is 3.61. The molecule has 0 saturated heterocycles. The molecule has 1 aliphatic rings. The summed E-state index contributed by atoms with van der Waals surface area (Å²) in [5.41, 5.74) is 1.69. The normalized spacial score (nSPS) is 18.8. The molecule has 32 heavy (non-hydrogen) atoms. The van der Waals surface area contributed by atoms with E-state index in [2.05, 4.69) is 16.4 Å². The predicted molar refractivity (Wildman–Crippen MR) is 125 cm³/mol. The van der Waals surface area contributed by atoms with E-state index in [1.807, 2.05) is 28.9 Å². The first kappa shape index (κ1) is 20.8. The lowest BCUT2D eigenvalue weighted by Gasteiger charge is -2.26. The largest absolute Gasteiger partial charge is 0.493 e. The van der Waals surface area contributed by atoms with Crippen LogP contribution in [0.2, 0.25) is 0 Å². The van der Waals surface area contributed by atoms with Gasteiger partial charge in [-0.25, -0.2) is 9.50 Å². The van der Waals surface area contributed by atoms with E-state index in [9.17, 15) is 5.11 Å². The highest BCUT2D eigenvalue weighted by atomic mass is 32.1. The lowest BCUT2D eigenvalue weighted by molar-refractivity contribution is 0.126. The molecule has 168 valence electrons. The van der Waals surface area contributed by atoms with E-state index in [4.69, 9.17) is 19.3 Å². The summed E-state index contributed by atoms with van der Waals surface area (Å²) >= 11 is 1.63. The Kier molecular flexibility index (Phi) is 5.52. The number of benzene rings is 1. The number of thiophene rings is 1. The van der Waals surface area contributed by atoms with Crippen molar-refractivity contribution in [3.8, 4) is 27.8 Å². The Hall–Kier alpha value is -3.04. The Bertz CT molecular complexity index is 1260. The summed E-state index contributed by atoms with van der Waals surface area (Å²) < 4.78 is 19.6. The number of fused-ring (bicyclic) bond motifs is 2. The van der Waals surface area contributed by atoms with Crippen molar-refractivity contribution in [1.82, 2.24) is 14.6 Å². The zero-order valence-electron chi connectivity index (χ0n) is 18.3. The fraction of sp³-hybridized carbons (Fsp3) is 0.391. The first-order valence-corrected chi connectivity index (χ1v) is 11.4. The molecule has 1 aliphatic carbocycles. The predicted octanol–water partition coefficient (Wildman–Crippen LogP) is 4.35. The summed E-state index contributed by atoms with van der Waals surface area (Å²) in [6.45, 7) is 0. The summed E-state index contributed by atoms with van der Waals surface area (Å²) in [6, 6.07) is 8.29. The zero-order valence-corrected chi connectivity index (χ0v) is 19.1. The van der Waals surface area contributed by atoms with Gasteiger partial charge in [-0.1, -0.05) is 0 Å². The van der Waals surface area contributed by atoms with Gasteiger partial charge in [-0.3, -0.25) is 0 Å². The van der Waals surface area contributed by atoms with Crippen LogP contribution in [0, 0.1) is 0 Å². The molecule has 8 nitrogen and oxygen atoms in total. The zero-order chi connectivity index (χ0) is 22.2. The van der Waals surface area contributed by atoms with Gasteiger partial charge in [-0.05, 0) is 43.9 Å². The van der Waals surface area contributed by atoms with Crippen molar-refractivity contribution in [3.05, 3.63) is 30.5 Å². The Morgan fingerprint density at radius 1 is 1.03 bits per heavy atom. The number of imidazole rings is 1. The number of hydrogen-bond acceptors (Lipinski definition) is 8. The van der Waals surface area contributed by atoms with Gasteiger partial charge in [-0.2, -0.15) is 0 Å². The quantitative estimate of drug-likeness (QED) is 0.448.